The van der Waals surface area contributed by atoms with E-state index in [0.29, 0.717) is 17.7 Å². The molecule has 0 saturated heterocycles. The van der Waals surface area contributed by atoms with Crippen molar-refractivity contribution in [3.8, 4) is 0 Å². The second kappa shape index (κ2) is 4.33. The number of benzene rings is 1. The normalized spacial score (nSPS) is 10.9. The van der Waals surface area contributed by atoms with Crippen molar-refractivity contribution in [3.63, 3.8) is 0 Å². The Morgan fingerprint density at radius 2 is 2.06 bits per heavy atom. The molecule has 0 fully saturated rings. The SMILES string of the molecule is Cc1cc2[nH]c(=S)n(CCC(N)=O)c2cc1C. The minimum absolute atomic E-state index is 0.300. The molecule has 4 nitrogen and oxygen atoms in total. The number of carbonyl (C=O) groups excluding carboxylic acids is 1. The maximum atomic E-state index is 10.8. The number of nitrogens with two attached hydrogens (primary N) is 1. The molecule has 0 aliphatic heterocycles. The van der Waals surface area contributed by atoms with E-state index in [2.05, 4.69) is 31.0 Å². The van der Waals surface area contributed by atoms with Gasteiger partial charge in [-0.25, -0.2) is 0 Å². The molecule has 1 aromatic heterocycles. The van der Waals surface area contributed by atoms with Gasteiger partial charge in [0.05, 0.1) is 11.0 Å². The lowest BCUT2D eigenvalue weighted by atomic mass is 10.1. The molecule has 1 aromatic carbocycles. The van der Waals surface area contributed by atoms with Gasteiger partial charge in [0.25, 0.3) is 0 Å². The van der Waals surface area contributed by atoms with Crippen molar-refractivity contribution in [2.24, 2.45) is 5.73 Å². The van der Waals surface area contributed by atoms with E-state index in [4.69, 9.17) is 18.0 Å². The largest absolute Gasteiger partial charge is 0.370 e. The molecule has 17 heavy (non-hydrogen) atoms. The molecule has 0 bridgehead atoms. The number of aromatic nitrogens is 2. The van der Waals surface area contributed by atoms with Crippen molar-refractivity contribution >= 4 is 29.2 Å². The second-order valence-corrected chi connectivity index (χ2v) is 4.64. The zero-order chi connectivity index (χ0) is 12.6. The number of aromatic amines is 1. The summed E-state index contributed by atoms with van der Waals surface area (Å²) in [5.74, 6) is -0.315. The predicted octanol–water partition coefficient (Wildman–Crippen LogP) is 2.19. The maximum absolute atomic E-state index is 10.8. The van der Waals surface area contributed by atoms with Gasteiger partial charge in [-0.3, -0.25) is 4.79 Å². The van der Waals surface area contributed by atoms with Crippen LogP contribution in [0.25, 0.3) is 11.0 Å². The van der Waals surface area contributed by atoms with Crippen LogP contribution in [0.4, 0.5) is 0 Å². The molecular weight excluding hydrogens is 234 g/mol. The molecule has 1 heterocycles. The quantitative estimate of drug-likeness (QED) is 0.819. The van der Waals surface area contributed by atoms with Crippen LogP contribution in [0.15, 0.2) is 12.1 Å². The van der Waals surface area contributed by atoms with Gasteiger partial charge in [0, 0.05) is 13.0 Å². The number of amides is 1. The van der Waals surface area contributed by atoms with Crippen LogP contribution in [0, 0.1) is 18.6 Å². The number of H-pyrrole nitrogens is 1. The van der Waals surface area contributed by atoms with Crippen LogP contribution in [0.1, 0.15) is 17.5 Å². The van der Waals surface area contributed by atoms with E-state index < -0.39 is 0 Å². The Morgan fingerprint density at radius 3 is 2.71 bits per heavy atom. The van der Waals surface area contributed by atoms with Crippen molar-refractivity contribution in [1.82, 2.24) is 9.55 Å². The Kier molecular flexibility index (Phi) is 3.02. The fraction of sp³-hybridized carbons (Fsp3) is 0.333. The summed E-state index contributed by atoms with van der Waals surface area (Å²) in [6.07, 6.45) is 0.300. The third-order valence-corrected chi connectivity index (χ3v) is 3.29. The van der Waals surface area contributed by atoms with Gasteiger partial charge >= 0.3 is 0 Å². The highest BCUT2D eigenvalue weighted by Crippen LogP contribution is 2.19. The standard InChI is InChI=1S/C12H15N3OS/c1-7-5-9-10(6-8(7)2)15(12(17)14-9)4-3-11(13)16/h5-6H,3-4H2,1-2H3,(H2,13,16)(H,14,17). The Morgan fingerprint density at radius 1 is 1.41 bits per heavy atom. The number of fused-ring (bicyclic) bond motifs is 1. The number of nitrogens with zero attached hydrogens (tertiary/aromatic N) is 1. The molecule has 3 N–H and O–H groups in total. The summed E-state index contributed by atoms with van der Waals surface area (Å²) in [5, 5.41) is 0. The first-order valence-corrected chi connectivity index (χ1v) is 5.88. The van der Waals surface area contributed by atoms with Crippen LogP contribution in [0.5, 0.6) is 0 Å². The molecule has 1 amide bonds. The number of hydrogen-bond donors (Lipinski definition) is 2. The summed E-state index contributed by atoms with van der Waals surface area (Å²) in [6.45, 7) is 4.65. The van der Waals surface area contributed by atoms with Crippen LogP contribution in [-0.4, -0.2) is 15.5 Å². The monoisotopic (exact) mass is 249 g/mol. The van der Waals surface area contributed by atoms with Gasteiger partial charge in [-0.05, 0) is 49.3 Å². The summed E-state index contributed by atoms with van der Waals surface area (Å²) < 4.78 is 2.55. The molecule has 5 heteroatoms. The van der Waals surface area contributed by atoms with Crippen LogP contribution in [0.2, 0.25) is 0 Å². The summed E-state index contributed by atoms with van der Waals surface area (Å²) in [6, 6.07) is 4.15. The van der Waals surface area contributed by atoms with Gasteiger partial charge in [-0.1, -0.05) is 0 Å². The molecule has 0 atom stereocenters. The highest BCUT2D eigenvalue weighted by molar-refractivity contribution is 7.71. The molecule has 90 valence electrons. The van der Waals surface area contributed by atoms with E-state index >= 15 is 0 Å². The Hall–Kier alpha value is -1.62. The average Bonchev–Trinajstić information content (AvgIpc) is 2.52. The number of rotatable bonds is 3. The Bertz CT molecular complexity index is 639. The number of imidazole rings is 1. The van der Waals surface area contributed by atoms with E-state index in [-0.39, 0.29) is 5.91 Å². The molecule has 0 saturated carbocycles. The third-order valence-electron chi connectivity index (χ3n) is 2.97. The van der Waals surface area contributed by atoms with Crippen LogP contribution in [-0.2, 0) is 11.3 Å². The predicted molar refractivity (Wildman–Crippen MR) is 70.4 cm³/mol. The summed E-state index contributed by atoms with van der Waals surface area (Å²) in [4.78, 5) is 14.0. The van der Waals surface area contributed by atoms with Crippen molar-refractivity contribution in [2.75, 3.05) is 0 Å². The number of hydrogen-bond acceptors (Lipinski definition) is 2. The van der Waals surface area contributed by atoms with Crippen LogP contribution in [0.3, 0.4) is 0 Å². The van der Waals surface area contributed by atoms with E-state index in [0.717, 1.165) is 11.0 Å². The lowest BCUT2D eigenvalue weighted by Crippen LogP contribution is -2.13. The van der Waals surface area contributed by atoms with Gasteiger partial charge in [-0.2, -0.15) is 0 Å². The van der Waals surface area contributed by atoms with Gasteiger partial charge in [-0.15, -0.1) is 0 Å². The van der Waals surface area contributed by atoms with Gasteiger partial charge in [0.2, 0.25) is 5.91 Å². The molecular formula is C12H15N3OS. The van der Waals surface area contributed by atoms with Crippen molar-refractivity contribution in [2.45, 2.75) is 26.8 Å². The van der Waals surface area contributed by atoms with Crippen molar-refractivity contribution < 1.29 is 4.79 Å². The summed E-state index contributed by atoms with van der Waals surface area (Å²) in [7, 11) is 0. The molecule has 2 rings (SSSR count). The lowest BCUT2D eigenvalue weighted by molar-refractivity contribution is -0.118. The maximum Gasteiger partial charge on any atom is 0.219 e. The zero-order valence-corrected chi connectivity index (χ0v) is 10.7. The van der Waals surface area contributed by atoms with E-state index in [1.54, 1.807) is 0 Å². The number of carbonyl (C=O) groups is 1. The Labute approximate surface area is 104 Å². The first kappa shape index (κ1) is 11.9. The zero-order valence-electron chi connectivity index (χ0n) is 9.91. The van der Waals surface area contributed by atoms with Crippen LogP contribution >= 0.6 is 12.2 Å². The number of nitrogens with one attached hydrogen (secondary N) is 1. The van der Waals surface area contributed by atoms with Crippen LogP contribution < -0.4 is 5.73 Å². The molecule has 0 spiro atoms. The average molecular weight is 249 g/mol. The smallest absolute Gasteiger partial charge is 0.219 e. The van der Waals surface area contributed by atoms with E-state index in [9.17, 15) is 4.79 Å². The lowest BCUT2D eigenvalue weighted by Gasteiger charge is -2.04. The third kappa shape index (κ3) is 2.24. The van der Waals surface area contributed by atoms with Crippen molar-refractivity contribution in [1.29, 1.82) is 0 Å². The molecule has 0 aliphatic carbocycles. The van der Waals surface area contributed by atoms with Gasteiger partial charge in [0.15, 0.2) is 4.77 Å². The fourth-order valence-corrected chi connectivity index (χ4v) is 2.16. The second-order valence-electron chi connectivity index (χ2n) is 4.25. The first-order valence-electron chi connectivity index (χ1n) is 5.47. The summed E-state index contributed by atoms with van der Waals surface area (Å²) in [5.41, 5.74) is 9.62. The summed E-state index contributed by atoms with van der Waals surface area (Å²) >= 11 is 5.25. The fourth-order valence-electron chi connectivity index (χ4n) is 1.86. The molecule has 0 aliphatic rings. The van der Waals surface area contributed by atoms with Gasteiger partial charge < -0.3 is 15.3 Å². The minimum Gasteiger partial charge on any atom is -0.370 e. The number of primary amides is 1. The molecule has 2 aromatic rings. The van der Waals surface area contributed by atoms with E-state index in [1.165, 1.54) is 11.1 Å². The number of aryl methyl sites for hydroxylation is 3. The molecule has 0 radical (unpaired) electrons. The first-order chi connectivity index (χ1) is 7.99. The van der Waals surface area contributed by atoms with Crippen molar-refractivity contribution in [3.05, 3.63) is 28.0 Å². The highest BCUT2D eigenvalue weighted by Gasteiger charge is 2.07. The Balaban J connectivity index is 2.54. The molecule has 0 unspecified atom stereocenters. The minimum atomic E-state index is -0.315. The van der Waals surface area contributed by atoms with Gasteiger partial charge in [0.1, 0.15) is 0 Å². The topological polar surface area (TPSA) is 63.8 Å². The van der Waals surface area contributed by atoms with E-state index in [1.807, 2.05) is 4.57 Å². The highest BCUT2D eigenvalue weighted by atomic mass is 32.1.